The molecule has 0 radical (unpaired) electrons. The van der Waals surface area contributed by atoms with E-state index in [-0.39, 0.29) is 11.6 Å². The van der Waals surface area contributed by atoms with Gasteiger partial charge in [0.1, 0.15) is 11.6 Å². The molecule has 0 aliphatic carbocycles. The topological polar surface area (TPSA) is 50.4 Å². The lowest BCUT2D eigenvalue weighted by molar-refractivity contribution is 0.102. The highest BCUT2D eigenvalue weighted by Gasteiger charge is 2.14. The van der Waals surface area contributed by atoms with Crippen molar-refractivity contribution >= 4 is 28.9 Å². The molecule has 1 amide bonds. The van der Waals surface area contributed by atoms with Gasteiger partial charge in [-0.25, -0.2) is 4.39 Å². The molecule has 0 aromatic heterocycles. The second kappa shape index (κ2) is 8.76. The molecule has 2 N–H and O–H groups in total. The summed E-state index contributed by atoms with van der Waals surface area (Å²) >= 11 is 6.36. The summed E-state index contributed by atoms with van der Waals surface area (Å²) in [6.45, 7) is 2.04. The van der Waals surface area contributed by atoms with Crippen LogP contribution in [-0.4, -0.2) is 13.0 Å². The van der Waals surface area contributed by atoms with E-state index in [0.717, 1.165) is 11.3 Å². The van der Waals surface area contributed by atoms with E-state index < -0.39 is 11.7 Å². The minimum absolute atomic E-state index is 0.0625. The number of hydrogen-bond acceptors (Lipinski definition) is 3. The lowest BCUT2D eigenvalue weighted by Crippen LogP contribution is -2.14. The SMILES string of the molecule is COc1ccc(C(=O)Nc2ccc(NC(C)c3ccccc3)c(Cl)c2)c(F)c1. The highest BCUT2D eigenvalue weighted by molar-refractivity contribution is 6.33. The molecular weight excluding hydrogens is 379 g/mol. The number of nitrogens with one attached hydrogen (secondary N) is 2. The number of hydrogen-bond donors (Lipinski definition) is 2. The molecule has 0 fully saturated rings. The van der Waals surface area contributed by atoms with E-state index >= 15 is 0 Å². The van der Waals surface area contributed by atoms with Crippen molar-refractivity contribution in [2.75, 3.05) is 17.7 Å². The van der Waals surface area contributed by atoms with Gasteiger partial charge in [-0.3, -0.25) is 4.79 Å². The van der Waals surface area contributed by atoms with Gasteiger partial charge in [0.25, 0.3) is 5.91 Å². The van der Waals surface area contributed by atoms with Gasteiger partial charge in [0.2, 0.25) is 0 Å². The van der Waals surface area contributed by atoms with E-state index in [0.29, 0.717) is 16.5 Å². The Balaban J connectivity index is 1.71. The third-order valence-corrected chi connectivity index (χ3v) is 4.63. The standard InChI is InChI=1S/C22H20ClFN2O2/c1-14(15-6-4-3-5-7-15)25-21-11-8-16(12-19(21)23)26-22(27)18-10-9-17(28-2)13-20(18)24/h3-14,25H,1-2H3,(H,26,27). The van der Waals surface area contributed by atoms with Crippen LogP contribution < -0.4 is 15.4 Å². The minimum atomic E-state index is -0.655. The third kappa shape index (κ3) is 4.61. The Morgan fingerprint density at radius 2 is 1.82 bits per heavy atom. The molecular formula is C22H20ClFN2O2. The van der Waals surface area contributed by atoms with Crippen molar-refractivity contribution in [3.05, 3.63) is 88.7 Å². The molecule has 4 nitrogen and oxygen atoms in total. The zero-order chi connectivity index (χ0) is 20.1. The fourth-order valence-corrected chi connectivity index (χ4v) is 3.01. The first-order valence-corrected chi connectivity index (χ1v) is 9.11. The Morgan fingerprint density at radius 3 is 2.46 bits per heavy atom. The molecule has 0 spiro atoms. The van der Waals surface area contributed by atoms with Crippen molar-refractivity contribution in [1.29, 1.82) is 0 Å². The van der Waals surface area contributed by atoms with Crippen molar-refractivity contribution in [1.82, 2.24) is 0 Å². The number of rotatable bonds is 6. The van der Waals surface area contributed by atoms with Crippen LogP contribution in [0.25, 0.3) is 0 Å². The summed E-state index contributed by atoms with van der Waals surface area (Å²) in [6, 6.07) is 19.2. The van der Waals surface area contributed by atoms with Crippen LogP contribution in [0, 0.1) is 5.82 Å². The highest BCUT2D eigenvalue weighted by atomic mass is 35.5. The molecule has 1 unspecified atom stereocenters. The van der Waals surface area contributed by atoms with Gasteiger partial charge in [0.05, 0.1) is 23.4 Å². The second-order valence-electron chi connectivity index (χ2n) is 6.27. The summed E-state index contributed by atoms with van der Waals surface area (Å²) < 4.78 is 19.0. The van der Waals surface area contributed by atoms with Gasteiger partial charge in [0.15, 0.2) is 0 Å². The number of methoxy groups -OCH3 is 1. The van der Waals surface area contributed by atoms with Gasteiger partial charge in [-0.05, 0) is 42.8 Å². The molecule has 3 rings (SSSR count). The lowest BCUT2D eigenvalue weighted by atomic mass is 10.1. The van der Waals surface area contributed by atoms with Crippen LogP contribution >= 0.6 is 11.6 Å². The number of benzene rings is 3. The quantitative estimate of drug-likeness (QED) is 0.542. The molecule has 0 aliphatic heterocycles. The first kappa shape index (κ1) is 19.7. The smallest absolute Gasteiger partial charge is 0.258 e. The first-order chi connectivity index (χ1) is 13.5. The Morgan fingerprint density at radius 1 is 1.07 bits per heavy atom. The highest BCUT2D eigenvalue weighted by Crippen LogP contribution is 2.29. The van der Waals surface area contributed by atoms with Gasteiger partial charge in [0, 0.05) is 17.8 Å². The molecule has 3 aromatic rings. The molecule has 0 aliphatic rings. The lowest BCUT2D eigenvalue weighted by Gasteiger charge is -2.17. The summed E-state index contributed by atoms with van der Waals surface area (Å²) in [5.41, 5.74) is 2.28. The van der Waals surface area contributed by atoms with Crippen molar-refractivity contribution in [2.45, 2.75) is 13.0 Å². The average molecular weight is 399 g/mol. The molecule has 0 bridgehead atoms. The van der Waals surface area contributed by atoms with Crippen molar-refractivity contribution in [3.8, 4) is 5.75 Å². The first-order valence-electron chi connectivity index (χ1n) is 8.74. The Hall–Kier alpha value is -3.05. The van der Waals surface area contributed by atoms with Crippen LogP contribution in [0.5, 0.6) is 5.75 Å². The van der Waals surface area contributed by atoms with E-state index in [1.807, 2.05) is 37.3 Å². The Labute approximate surface area is 168 Å². The maximum Gasteiger partial charge on any atom is 0.258 e. The number of carbonyl (C=O) groups is 1. The van der Waals surface area contributed by atoms with E-state index in [1.165, 1.54) is 25.3 Å². The van der Waals surface area contributed by atoms with Crippen LogP contribution in [0.2, 0.25) is 5.02 Å². The molecule has 1 atom stereocenters. The third-order valence-electron chi connectivity index (χ3n) is 4.32. The number of anilines is 2. The molecule has 144 valence electrons. The number of ether oxygens (including phenoxy) is 1. The molecule has 6 heteroatoms. The number of carbonyl (C=O) groups excluding carboxylic acids is 1. The fraction of sp³-hybridized carbons (Fsp3) is 0.136. The predicted octanol–water partition coefficient (Wildman–Crippen LogP) is 5.91. The van der Waals surface area contributed by atoms with Gasteiger partial charge in [-0.1, -0.05) is 41.9 Å². The minimum Gasteiger partial charge on any atom is -0.497 e. The number of amides is 1. The molecule has 0 saturated heterocycles. The molecule has 3 aromatic carbocycles. The van der Waals surface area contributed by atoms with E-state index in [9.17, 15) is 9.18 Å². The summed E-state index contributed by atoms with van der Waals surface area (Å²) in [6.07, 6.45) is 0. The van der Waals surface area contributed by atoms with Crippen molar-refractivity contribution in [2.24, 2.45) is 0 Å². The fourth-order valence-electron chi connectivity index (χ4n) is 2.77. The number of halogens is 2. The Kier molecular flexibility index (Phi) is 6.16. The average Bonchev–Trinajstić information content (AvgIpc) is 2.70. The van der Waals surface area contributed by atoms with Gasteiger partial charge < -0.3 is 15.4 Å². The normalized spacial score (nSPS) is 11.6. The maximum atomic E-state index is 14.1. The molecule has 0 heterocycles. The van der Waals surface area contributed by atoms with Crippen LogP contribution in [0.4, 0.5) is 15.8 Å². The van der Waals surface area contributed by atoms with Crippen molar-refractivity contribution < 1.29 is 13.9 Å². The predicted molar refractivity (Wildman–Crippen MR) is 111 cm³/mol. The van der Waals surface area contributed by atoms with Crippen LogP contribution in [0.3, 0.4) is 0 Å². The monoisotopic (exact) mass is 398 g/mol. The van der Waals surface area contributed by atoms with Crippen LogP contribution in [0.1, 0.15) is 28.9 Å². The van der Waals surface area contributed by atoms with Crippen LogP contribution in [-0.2, 0) is 0 Å². The largest absolute Gasteiger partial charge is 0.497 e. The van der Waals surface area contributed by atoms with E-state index in [1.54, 1.807) is 18.2 Å². The van der Waals surface area contributed by atoms with Crippen molar-refractivity contribution in [3.63, 3.8) is 0 Å². The summed E-state index contributed by atoms with van der Waals surface area (Å²) in [5.74, 6) is -0.868. The van der Waals surface area contributed by atoms with E-state index in [4.69, 9.17) is 16.3 Å². The molecule has 0 saturated carbocycles. The zero-order valence-corrected chi connectivity index (χ0v) is 16.3. The summed E-state index contributed by atoms with van der Waals surface area (Å²) in [4.78, 5) is 12.3. The van der Waals surface area contributed by atoms with Gasteiger partial charge in [-0.15, -0.1) is 0 Å². The summed E-state index contributed by atoms with van der Waals surface area (Å²) in [7, 11) is 1.44. The Bertz CT molecular complexity index is 980. The molecule has 28 heavy (non-hydrogen) atoms. The summed E-state index contributed by atoms with van der Waals surface area (Å²) in [5, 5.41) is 6.45. The maximum absolute atomic E-state index is 14.1. The van der Waals surface area contributed by atoms with Gasteiger partial charge >= 0.3 is 0 Å². The van der Waals surface area contributed by atoms with E-state index in [2.05, 4.69) is 10.6 Å². The zero-order valence-electron chi connectivity index (χ0n) is 15.5. The van der Waals surface area contributed by atoms with Gasteiger partial charge in [-0.2, -0.15) is 0 Å². The second-order valence-corrected chi connectivity index (χ2v) is 6.68. The van der Waals surface area contributed by atoms with Crippen LogP contribution in [0.15, 0.2) is 66.7 Å².